The van der Waals surface area contributed by atoms with Gasteiger partial charge < -0.3 is 11.1 Å². The van der Waals surface area contributed by atoms with Crippen LogP contribution in [-0.2, 0) is 4.79 Å². The molecule has 14 heavy (non-hydrogen) atoms. The minimum Gasteiger partial charge on any atom is -0.351 e. The zero-order valence-electron chi connectivity index (χ0n) is 9.26. The van der Waals surface area contributed by atoms with Crippen molar-refractivity contribution in [1.82, 2.24) is 5.32 Å². The Morgan fingerprint density at radius 3 is 2.43 bits per heavy atom. The average Bonchev–Trinajstić information content (AvgIpc) is 2.16. The summed E-state index contributed by atoms with van der Waals surface area (Å²) in [6.45, 7) is 5.70. The van der Waals surface area contributed by atoms with Crippen molar-refractivity contribution in [3.63, 3.8) is 0 Å². The second kappa shape index (κ2) is 5.66. The third-order valence-corrected chi connectivity index (χ3v) is 2.52. The van der Waals surface area contributed by atoms with Gasteiger partial charge in [0.2, 0.25) is 5.91 Å². The van der Waals surface area contributed by atoms with E-state index in [4.69, 9.17) is 12.2 Å². The molecular formula is C11H20N2O. The van der Waals surface area contributed by atoms with Gasteiger partial charge in [0.25, 0.3) is 0 Å². The maximum Gasteiger partial charge on any atom is 0.240 e. The summed E-state index contributed by atoms with van der Waals surface area (Å²) in [6.07, 6.45) is 6.96. The molecular weight excluding hydrogens is 176 g/mol. The monoisotopic (exact) mass is 196 g/mol. The molecule has 0 aromatic carbocycles. The van der Waals surface area contributed by atoms with E-state index in [1.54, 1.807) is 0 Å². The molecule has 3 heteroatoms. The van der Waals surface area contributed by atoms with Crippen LogP contribution in [0.15, 0.2) is 0 Å². The Bertz CT molecular complexity index is 226. The van der Waals surface area contributed by atoms with Gasteiger partial charge in [0, 0.05) is 12.5 Å². The van der Waals surface area contributed by atoms with Crippen molar-refractivity contribution in [2.75, 3.05) is 0 Å². The number of carbonyl (C=O) groups is 1. The molecule has 1 amide bonds. The number of carbonyl (C=O) groups excluding carboxylic acids is 1. The zero-order valence-corrected chi connectivity index (χ0v) is 9.26. The number of terminal acetylenes is 1. The van der Waals surface area contributed by atoms with Gasteiger partial charge in [-0.1, -0.05) is 13.8 Å². The Morgan fingerprint density at radius 1 is 1.57 bits per heavy atom. The van der Waals surface area contributed by atoms with Gasteiger partial charge in [-0.15, -0.1) is 12.3 Å². The van der Waals surface area contributed by atoms with Crippen LogP contribution >= 0.6 is 0 Å². The maximum absolute atomic E-state index is 11.7. The fraction of sp³-hybridized carbons (Fsp3) is 0.727. The first-order valence-electron chi connectivity index (χ1n) is 5.03. The Hall–Kier alpha value is -1.01. The molecule has 3 N–H and O–H groups in total. The summed E-state index contributed by atoms with van der Waals surface area (Å²) in [5.74, 6) is 2.40. The second-order valence-corrected chi connectivity index (χ2v) is 3.65. The summed E-state index contributed by atoms with van der Waals surface area (Å²) in [7, 11) is 0. The second-order valence-electron chi connectivity index (χ2n) is 3.65. The molecule has 1 unspecified atom stereocenters. The Labute approximate surface area is 86.4 Å². The molecule has 0 saturated heterocycles. The highest BCUT2D eigenvalue weighted by Crippen LogP contribution is 2.11. The molecule has 0 saturated carbocycles. The fourth-order valence-electron chi connectivity index (χ4n) is 1.17. The number of rotatable bonds is 5. The Balaban J connectivity index is 4.26. The van der Waals surface area contributed by atoms with Gasteiger partial charge in [-0.3, -0.25) is 4.79 Å². The molecule has 0 bridgehead atoms. The predicted molar refractivity (Wildman–Crippen MR) is 58.6 cm³/mol. The van der Waals surface area contributed by atoms with Crippen molar-refractivity contribution in [1.29, 1.82) is 0 Å². The molecule has 1 atom stereocenters. The van der Waals surface area contributed by atoms with Crippen molar-refractivity contribution in [2.45, 2.75) is 51.6 Å². The lowest BCUT2D eigenvalue weighted by Crippen LogP contribution is -2.55. The molecule has 0 radical (unpaired) electrons. The molecule has 0 heterocycles. The van der Waals surface area contributed by atoms with Crippen LogP contribution in [0.2, 0.25) is 0 Å². The van der Waals surface area contributed by atoms with E-state index < -0.39 is 5.54 Å². The van der Waals surface area contributed by atoms with E-state index in [9.17, 15) is 4.79 Å². The molecule has 0 aliphatic carbocycles. The smallest absolute Gasteiger partial charge is 0.240 e. The van der Waals surface area contributed by atoms with Crippen LogP contribution in [0, 0.1) is 12.3 Å². The number of hydrogen-bond donors (Lipinski definition) is 2. The first kappa shape index (κ1) is 13.0. The van der Waals surface area contributed by atoms with Crippen LogP contribution in [0.5, 0.6) is 0 Å². The molecule has 3 nitrogen and oxygen atoms in total. The van der Waals surface area contributed by atoms with Crippen molar-refractivity contribution >= 4 is 5.91 Å². The van der Waals surface area contributed by atoms with Gasteiger partial charge in [0.05, 0.1) is 5.54 Å². The van der Waals surface area contributed by atoms with Gasteiger partial charge in [-0.2, -0.15) is 0 Å². The van der Waals surface area contributed by atoms with Crippen molar-refractivity contribution in [2.24, 2.45) is 5.73 Å². The summed E-state index contributed by atoms with van der Waals surface area (Å²) in [5.41, 5.74) is 5.17. The number of amides is 1. The predicted octanol–water partition coefficient (Wildman–Crippen LogP) is 1.03. The average molecular weight is 196 g/mol. The molecule has 0 fully saturated rings. The lowest BCUT2D eigenvalue weighted by molar-refractivity contribution is -0.127. The van der Waals surface area contributed by atoms with E-state index in [2.05, 4.69) is 11.2 Å². The van der Waals surface area contributed by atoms with Crippen molar-refractivity contribution in [3.8, 4) is 12.3 Å². The largest absolute Gasteiger partial charge is 0.351 e. The van der Waals surface area contributed by atoms with Crippen molar-refractivity contribution < 1.29 is 4.79 Å². The number of nitrogens with one attached hydrogen (secondary N) is 1. The molecule has 0 spiro atoms. The Morgan fingerprint density at radius 2 is 2.07 bits per heavy atom. The van der Waals surface area contributed by atoms with Crippen LogP contribution < -0.4 is 11.1 Å². The lowest BCUT2D eigenvalue weighted by Gasteiger charge is -2.26. The number of nitrogens with two attached hydrogens (primary N) is 1. The Kier molecular flexibility index (Phi) is 5.26. The molecule has 0 rings (SSSR count). The van der Waals surface area contributed by atoms with Gasteiger partial charge in [0.1, 0.15) is 0 Å². The summed E-state index contributed by atoms with van der Waals surface area (Å²) >= 11 is 0. The topological polar surface area (TPSA) is 55.1 Å². The van der Waals surface area contributed by atoms with Gasteiger partial charge in [0.15, 0.2) is 0 Å². The minimum atomic E-state index is -0.747. The van der Waals surface area contributed by atoms with E-state index in [0.29, 0.717) is 19.3 Å². The van der Waals surface area contributed by atoms with Crippen LogP contribution in [0.3, 0.4) is 0 Å². The third kappa shape index (κ3) is 3.39. The first-order chi connectivity index (χ1) is 6.50. The van der Waals surface area contributed by atoms with Crippen LogP contribution in [0.1, 0.15) is 40.0 Å². The molecule has 0 aliphatic rings. The summed E-state index contributed by atoms with van der Waals surface area (Å²) < 4.78 is 0. The quantitative estimate of drug-likeness (QED) is 0.645. The summed E-state index contributed by atoms with van der Waals surface area (Å²) in [5, 5.41) is 2.82. The van der Waals surface area contributed by atoms with Crippen LogP contribution in [0.25, 0.3) is 0 Å². The normalized spacial score (nSPS) is 13.1. The fourth-order valence-corrected chi connectivity index (χ4v) is 1.17. The van der Waals surface area contributed by atoms with E-state index >= 15 is 0 Å². The van der Waals surface area contributed by atoms with Crippen molar-refractivity contribution in [3.05, 3.63) is 0 Å². The van der Waals surface area contributed by atoms with E-state index in [1.165, 1.54) is 0 Å². The third-order valence-electron chi connectivity index (χ3n) is 2.52. The summed E-state index contributed by atoms with van der Waals surface area (Å²) in [6, 6.07) is -0.00600. The molecule has 0 aromatic heterocycles. The SMILES string of the molecule is C#CCC(C)NC(=O)C(N)(CC)CC. The highest BCUT2D eigenvalue weighted by molar-refractivity contribution is 5.86. The van der Waals surface area contributed by atoms with Crippen LogP contribution in [0.4, 0.5) is 0 Å². The standard InChI is InChI=1S/C11H20N2O/c1-5-8-9(4)13-10(14)11(12,6-2)7-3/h1,9H,6-8,12H2,2-4H3,(H,13,14). The van der Waals surface area contributed by atoms with Gasteiger partial charge in [-0.25, -0.2) is 0 Å². The van der Waals surface area contributed by atoms with Gasteiger partial charge in [-0.05, 0) is 19.8 Å². The van der Waals surface area contributed by atoms with Gasteiger partial charge >= 0.3 is 0 Å². The molecule has 80 valence electrons. The summed E-state index contributed by atoms with van der Waals surface area (Å²) in [4.78, 5) is 11.7. The highest BCUT2D eigenvalue weighted by Gasteiger charge is 2.30. The molecule has 0 aromatic rings. The molecule has 0 aliphatic heterocycles. The zero-order chi connectivity index (χ0) is 11.2. The van der Waals surface area contributed by atoms with E-state index in [1.807, 2.05) is 20.8 Å². The first-order valence-corrected chi connectivity index (χ1v) is 5.03. The van der Waals surface area contributed by atoms with E-state index in [0.717, 1.165) is 0 Å². The maximum atomic E-state index is 11.7. The number of hydrogen-bond acceptors (Lipinski definition) is 2. The minimum absolute atomic E-state index is 0.00600. The lowest BCUT2D eigenvalue weighted by atomic mass is 9.93. The van der Waals surface area contributed by atoms with Crippen LogP contribution in [-0.4, -0.2) is 17.5 Å². The highest BCUT2D eigenvalue weighted by atomic mass is 16.2. The van der Waals surface area contributed by atoms with E-state index in [-0.39, 0.29) is 11.9 Å².